The van der Waals surface area contributed by atoms with Crippen molar-refractivity contribution in [3.05, 3.63) is 59.8 Å². The molecule has 2 heterocycles. The van der Waals surface area contributed by atoms with Gasteiger partial charge in [-0.3, -0.25) is 9.69 Å². The van der Waals surface area contributed by atoms with Gasteiger partial charge in [-0.05, 0) is 18.1 Å². The van der Waals surface area contributed by atoms with Crippen molar-refractivity contribution in [2.24, 2.45) is 0 Å². The van der Waals surface area contributed by atoms with E-state index in [1.54, 1.807) is 6.20 Å². The van der Waals surface area contributed by atoms with Crippen LogP contribution >= 0.6 is 0 Å². The number of benzene rings is 1. The van der Waals surface area contributed by atoms with Crippen molar-refractivity contribution >= 4 is 11.7 Å². The van der Waals surface area contributed by atoms with Crippen LogP contribution in [0, 0.1) is 0 Å². The van der Waals surface area contributed by atoms with Crippen LogP contribution in [-0.4, -0.2) is 53.4 Å². The van der Waals surface area contributed by atoms with Crippen molar-refractivity contribution < 1.29 is 4.79 Å². The lowest BCUT2D eigenvalue weighted by atomic mass is 10.1. The van der Waals surface area contributed by atoms with E-state index in [2.05, 4.69) is 34.1 Å². The molecule has 1 aromatic heterocycles. The first-order chi connectivity index (χ1) is 11.7. The Morgan fingerprint density at radius 3 is 2.50 bits per heavy atom. The lowest BCUT2D eigenvalue weighted by Gasteiger charge is -2.34. The fourth-order valence-electron chi connectivity index (χ4n) is 3.03. The summed E-state index contributed by atoms with van der Waals surface area (Å²) in [5.41, 5.74) is 8.00. The molecule has 1 aliphatic heterocycles. The number of hydrogen-bond acceptors (Lipinski definition) is 4. The first-order valence-electron chi connectivity index (χ1n) is 8.46. The maximum absolute atomic E-state index is 12.4. The van der Waals surface area contributed by atoms with Crippen LogP contribution in [0.3, 0.4) is 0 Å². The minimum Gasteiger partial charge on any atom is -0.383 e. The Hall–Kier alpha value is -2.40. The molecule has 1 amide bonds. The van der Waals surface area contributed by atoms with E-state index in [-0.39, 0.29) is 5.91 Å². The van der Waals surface area contributed by atoms with Gasteiger partial charge in [0.15, 0.2) is 0 Å². The third-order valence-electron chi connectivity index (χ3n) is 4.55. The summed E-state index contributed by atoms with van der Waals surface area (Å²) in [6.45, 7) is 4.48. The van der Waals surface area contributed by atoms with Crippen LogP contribution in [-0.2, 0) is 17.6 Å². The first-order valence-corrected chi connectivity index (χ1v) is 8.46. The number of nitrogen functional groups attached to an aromatic ring is 1. The van der Waals surface area contributed by atoms with Crippen LogP contribution in [0.15, 0.2) is 48.7 Å². The number of carbonyl (C=O) groups excluding carboxylic acids is 1. The second-order valence-electron chi connectivity index (χ2n) is 6.18. The van der Waals surface area contributed by atoms with Crippen molar-refractivity contribution in [3.8, 4) is 0 Å². The van der Waals surface area contributed by atoms with Crippen molar-refractivity contribution in [1.29, 1.82) is 0 Å². The topological polar surface area (TPSA) is 62.5 Å². The summed E-state index contributed by atoms with van der Waals surface area (Å²) in [6.07, 6.45) is 3.04. The number of rotatable bonds is 5. The zero-order chi connectivity index (χ0) is 16.8. The highest BCUT2D eigenvalue weighted by atomic mass is 16.2. The normalized spacial score (nSPS) is 15.4. The Morgan fingerprint density at radius 1 is 1.04 bits per heavy atom. The monoisotopic (exact) mass is 324 g/mol. The van der Waals surface area contributed by atoms with Crippen LogP contribution in [0.2, 0.25) is 0 Å². The quantitative estimate of drug-likeness (QED) is 0.907. The Bertz CT molecular complexity index is 666. The van der Waals surface area contributed by atoms with Crippen LogP contribution < -0.4 is 5.73 Å². The van der Waals surface area contributed by atoms with Gasteiger partial charge in [0.05, 0.1) is 6.42 Å². The molecule has 1 fully saturated rings. The van der Waals surface area contributed by atoms with E-state index >= 15 is 0 Å². The summed E-state index contributed by atoms with van der Waals surface area (Å²) in [4.78, 5) is 20.8. The van der Waals surface area contributed by atoms with Gasteiger partial charge in [-0.15, -0.1) is 0 Å². The van der Waals surface area contributed by atoms with Crippen LogP contribution in [0.1, 0.15) is 11.1 Å². The highest BCUT2D eigenvalue weighted by molar-refractivity contribution is 5.80. The molecule has 0 saturated carbocycles. The minimum atomic E-state index is 0.136. The lowest BCUT2D eigenvalue weighted by Crippen LogP contribution is -2.49. The zero-order valence-corrected chi connectivity index (χ0v) is 13.9. The van der Waals surface area contributed by atoms with E-state index in [9.17, 15) is 4.79 Å². The van der Waals surface area contributed by atoms with E-state index in [1.165, 1.54) is 5.56 Å². The van der Waals surface area contributed by atoms with Crippen LogP contribution in [0.5, 0.6) is 0 Å². The number of hydrogen-bond donors (Lipinski definition) is 1. The summed E-state index contributed by atoms with van der Waals surface area (Å²) < 4.78 is 0. The molecule has 5 heteroatoms. The summed E-state index contributed by atoms with van der Waals surface area (Å²) in [5.74, 6) is 0.588. The Labute approximate surface area is 143 Å². The molecule has 3 rings (SSSR count). The zero-order valence-electron chi connectivity index (χ0n) is 13.9. The number of nitrogens with zero attached hydrogens (tertiary/aromatic N) is 3. The van der Waals surface area contributed by atoms with Gasteiger partial charge in [0, 0.05) is 44.5 Å². The molecule has 0 spiro atoms. The molecular weight excluding hydrogens is 300 g/mol. The van der Waals surface area contributed by atoms with E-state index < -0.39 is 0 Å². The van der Waals surface area contributed by atoms with Gasteiger partial charge in [0.25, 0.3) is 0 Å². The number of nitrogens with two attached hydrogens (primary N) is 1. The second-order valence-corrected chi connectivity index (χ2v) is 6.18. The summed E-state index contributed by atoms with van der Waals surface area (Å²) >= 11 is 0. The first kappa shape index (κ1) is 16.5. The van der Waals surface area contributed by atoms with E-state index in [0.717, 1.165) is 44.7 Å². The number of amides is 1. The lowest BCUT2D eigenvalue weighted by molar-refractivity contribution is -0.132. The smallest absolute Gasteiger partial charge is 0.227 e. The predicted molar refractivity (Wildman–Crippen MR) is 95.5 cm³/mol. The molecule has 0 radical (unpaired) electrons. The highest BCUT2D eigenvalue weighted by Gasteiger charge is 2.21. The Morgan fingerprint density at radius 2 is 1.79 bits per heavy atom. The number of pyridine rings is 1. The fourth-order valence-corrected chi connectivity index (χ4v) is 3.03. The molecule has 126 valence electrons. The minimum absolute atomic E-state index is 0.136. The molecule has 1 saturated heterocycles. The molecule has 0 bridgehead atoms. The van der Waals surface area contributed by atoms with E-state index in [1.807, 2.05) is 23.1 Å². The maximum atomic E-state index is 12.4. The summed E-state index contributed by atoms with van der Waals surface area (Å²) in [6, 6.07) is 14.2. The molecule has 0 aliphatic carbocycles. The molecule has 2 aromatic rings. The van der Waals surface area contributed by atoms with Gasteiger partial charge in [0.1, 0.15) is 5.82 Å². The van der Waals surface area contributed by atoms with E-state index in [4.69, 9.17) is 5.73 Å². The summed E-state index contributed by atoms with van der Waals surface area (Å²) in [5, 5.41) is 0. The highest BCUT2D eigenvalue weighted by Crippen LogP contribution is 2.11. The molecule has 5 nitrogen and oxygen atoms in total. The van der Waals surface area contributed by atoms with Crippen molar-refractivity contribution in [2.75, 3.05) is 38.5 Å². The van der Waals surface area contributed by atoms with Crippen LogP contribution in [0.4, 0.5) is 5.82 Å². The van der Waals surface area contributed by atoms with Crippen LogP contribution in [0.25, 0.3) is 0 Å². The number of carbonyl (C=O) groups is 1. The predicted octanol–water partition coefficient (Wildman–Crippen LogP) is 1.59. The van der Waals surface area contributed by atoms with Gasteiger partial charge in [-0.25, -0.2) is 4.98 Å². The van der Waals surface area contributed by atoms with E-state index in [0.29, 0.717) is 12.2 Å². The Balaban J connectivity index is 1.44. The molecular formula is C19H24N4O. The van der Waals surface area contributed by atoms with Crippen molar-refractivity contribution in [1.82, 2.24) is 14.8 Å². The fraction of sp³-hybridized carbons (Fsp3) is 0.368. The standard InChI is InChI=1S/C19H24N4O/c20-19-17(7-4-9-21-19)15-18(24)23-13-11-22(12-14-23)10-8-16-5-2-1-3-6-16/h1-7,9H,8,10-15H2,(H2,20,21). The molecule has 0 atom stereocenters. The molecule has 0 unspecified atom stereocenters. The average Bonchev–Trinajstić information content (AvgIpc) is 2.63. The number of anilines is 1. The molecule has 1 aromatic carbocycles. The van der Waals surface area contributed by atoms with Gasteiger partial charge < -0.3 is 10.6 Å². The van der Waals surface area contributed by atoms with Gasteiger partial charge in [-0.2, -0.15) is 0 Å². The van der Waals surface area contributed by atoms with Gasteiger partial charge in [-0.1, -0.05) is 36.4 Å². The SMILES string of the molecule is Nc1ncccc1CC(=O)N1CCN(CCc2ccccc2)CC1. The maximum Gasteiger partial charge on any atom is 0.227 e. The third-order valence-corrected chi connectivity index (χ3v) is 4.55. The second kappa shape index (κ2) is 7.93. The summed E-state index contributed by atoms with van der Waals surface area (Å²) in [7, 11) is 0. The largest absolute Gasteiger partial charge is 0.383 e. The van der Waals surface area contributed by atoms with Gasteiger partial charge >= 0.3 is 0 Å². The average molecular weight is 324 g/mol. The number of piperazine rings is 1. The Kier molecular flexibility index (Phi) is 5.43. The van der Waals surface area contributed by atoms with Crippen molar-refractivity contribution in [2.45, 2.75) is 12.8 Å². The third kappa shape index (κ3) is 4.32. The molecule has 1 aliphatic rings. The molecule has 24 heavy (non-hydrogen) atoms. The van der Waals surface area contributed by atoms with Gasteiger partial charge in [0.2, 0.25) is 5.91 Å². The molecule has 2 N–H and O–H groups in total. The number of aromatic nitrogens is 1. The van der Waals surface area contributed by atoms with Crippen molar-refractivity contribution in [3.63, 3.8) is 0 Å².